The Morgan fingerprint density at radius 1 is 1.11 bits per heavy atom. The molecule has 1 aliphatic heterocycles. The second-order valence-corrected chi connectivity index (χ2v) is 8.92. The maximum atomic E-state index is 12.7. The quantitative estimate of drug-likeness (QED) is 0.714. The first-order chi connectivity index (χ1) is 13.4. The highest BCUT2D eigenvalue weighted by Gasteiger charge is 2.27. The first-order valence-electron chi connectivity index (χ1n) is 9.44. The van der Waals surface area contributed by atoms with Crippen LogP contribution < -0.4 is 4.74 Å². The van der Waals surface area contributed by atoms with Crippen molar-refractivity contribution in [3.63, 3.8) is 0 Å². The van der Waals surface area contributed by atoms with Crippen molar-refractivity contribution in [3.05, 3.63) is 59.7 Å². The average molecular weight is 403 g/mol. The van der Waals surface area contributed by atoms with Gasteiger partial charge in [0.2, 0.25) is 10.0 Å². The topological polar surface area (TPSA) is 66.9 Å². The predicted molar refractivity (Wildman–Crippen MR) is 108 cm³/mol. The second kappa shape index (κ2) is 8.75. The number of para-hydroxylation sites is 1. The molecule has 0 aromatic heterocycles. The second-order valence-electron chi connectivity index (χ2n) is 6.98. The number of carbonyl (C=O) groups is 1. The number of ether oxygens (including phenoxy) is 1. The van der Waals surface area contributed by atoms with Gasteiger partial charge in [0.05, 0.1) is 11.4 Å². The minimum Gasteiger partial charge on any atom is -0.491 e. The number of hydrogen-bond donors (Lipinski definition) is 0. The normalized spacial score (nSPS) is 14.8. The van der Waals surface area contributed by atoms with Crippen LogP contribution in [-0.4, -0.2) is 56.8 Å². The molecule has 0 radical (unpaired) electrons. The number of sulfonamides is 1. The lowest BCUT2D eigenvalue weighted by molar-refractivity contribution is 0.0773. The monoisotopic (exact) mass is 402 g/mol. The molecule has 0 aliphatic carbocycles. The van der Waals surface area contributed by atoms with Crippen LogP contribution in [0.4, 0.5) is 0 Å². The summed E-state index contributed by atoms with van der Waals surface area (Å²) in [6.45, 7) is 3.80. The van der Waals surface area contributed by atoms with Gasteiger partial charge in [0.25, 0.3) is 5.91 Å². The predicted octanol–water partition coefficient (Wildman–Crippen LogP) is 2.93. The Labute approximate surface area is 166 Å². The zero-order valence-corrected chi connectivity index (χ0v) is 17.1. The molecular formula is C21H26N2O4S. The molecule has 0 saturated carbocycles. The van der Waals surface area contributed by atoms with Crippen LogP contribution in [0.15, 0.2) is 53.4 Å². The molecule has 0 bridgehead atoms. The first kappa shape index (κ1) is 20.4. The molecule has 0 N–H and O–H groups in total. The number of likely N-dealkylation sites (N-methyl/N-ethyl adjacent to an activating group) is 1. The summed E-state index contributed by atoms with van der Waals surface area (Å²) in [6, 6.07) is 14.0. The highest BCUT2D eigenvalue weighted by Crippen LogP contribution is 2.22. The number of carbonyl (C=O) groups excluding carboxylic acids is 1. The van der Waals surface area contributed by atoms with Gasteiger partial charge < -0.3 is 9.64 Å². The van der Waals surface area contributed by atoms with E-state index in [1.54, 1.807) is 30.1 Å². The fourth-order valence-electron chi connectivity index (χ4n) is 3.20. The van der Waals surface area contributed by atoms with E-state index in [0.29, 0.717) is 31.8 Å². The summed E-state index contributed by atoms with van der Waals surface area (Å²) >= 11 is 0. The molecule has 1 amide bonds. The average Bonchev–Trinajstić information content (AvgIpc) is 3.24. The molecule has 3 rings (SSSR count). The third-order valence-electron chi connectivity index (χ3n) is 4.91. The van der Waals surface area contributed by atoms with Gasteiger partial charge in [-0.3, -0.25) is 4.79 Å². The van der Waals surface area contributed by atoms with Gasteiger partial charge in [-0.05, 0) is 49.6 Å². The molecule has 28 heavy (non-hydrogen) atoms. The largest absolute Gasteiger partial charge is 0.491 e. The maximum absolute atomic E-state index is 12.7. The van der Waals surface area contributed by atoms with Gasteiger partial charge in [-0.25, -0.2) is 8.42 Å². The van der Waals surface area contributed by atoms with E-state index in [0.717, 1.165) is 24.2 Å². The first-order valence-corrected chi connectivity index (χ1v) is 10.9. The molecule has 2 aromatic rings. The minimum absolute atomic E-state index is 0.171. The van der Waals surface area contributed by atoms with Gasteiger partial charge in [0.1, 0.15) is 12.4 Å². The Kier molecular flexibility index (Phi) is 6.36. The zero-order valence-electron chi connectivity index (χ0n) is 16.3. The smallest absolute Gasteiger partial charge is 0.253 e. The molecule has 0 atom stereocenters. The van der Waals surface area contributed by atoms with Crippen LogP contribution in [0, 0.1) is 6.92 Å². The van der Waals surface area contributed by atoms with Crippen molar-refractivity contribution >= 4 is 15.9 Å². The van der Waals surface area contributed by atoms with Gasteiger partial charge in [0.15, 0.2) is 0 Å². The van der Waals surface area contributed by atoms with Crippen LogP contribution in [0.5, 0.6) is 5.75 Å². The standard InChI is InChI=1S/C21H26N2O4S/c1-17-8-3-4-11-20(17)27-15-14-22(2)21(24)18-9-7-10-19(16-18)28(25,26)23-12-5-6-13-23/h3-4,7-11,16H,5-6,12-15H2,1-2H3. The highest BCUT2D eigenvalue weighted by molar-refractivity contribution is 7.89. The third-order valence-corrected chi connectivity index (χ3v) is 6.80. The molecule has 2 aromatic carbocycles. The number of amides is 1. The summed E-state index contributed by atoms with van der Waals surface area (Å²) in [6.07, 6.45) is 1.75. The lowest BCUT2D eigenvalue weighted by atomic mass is 10.2. The van der Waals surface area contributed by atoms with E-state index in [2.05, 4.69) is 0 Å². The Hall–Kier alpha value is -2.38. The van der Waals surface area contributed by atoms with Crippen molar-refractivity contribution in [1.29, 1.82) is 0 Å². The van der Waals surface area contributed by atoms with Gasteiger partial charge in [-0.1, -0.05) is 24.3 Å². The summed E-state index contributed by atoms with van der Waals surface area (Å²) < 4.78 is 32.7. The fraction of sp³-hybridized carbons (Fsp3) is 0.381. The molecule has 150 valence electrons. The van der Waals surface area contributed by atoms with E-state index in [4.69, 9.17) is 4.74 Å². The summed E-state index contributed by atoms with van der Waals surface area (Å²) in [5.74, 6) is 0.564. The number of rotatable bonds is 7. The summed E-state index contributed by atoms with van der Waals surface area (Å²) in [4.78, 5) is 14.4. The maximum Gasteiger partial charge on any atom is 0.253 e. The van der Waals surface area contributed by atoms with Gasteiger partial charge in [-0.2, -0.15) is 4.31 Å². The SMILES string of the molecule is Cc1ccccc1OCCN(C)C(=O)c1cccc(S(=O)(=O)N2CCCC2)c1. The van der Waals surface area contributed by atoms with Crippen LogP contribution in [0.3, 0.4) is 0 Å². The van der Waals surface area contributed by atoms with Gasteiger partial charge in [-0.15, -0.1) is 0 Å². The summed E-state index contributed by atoms with van der Waals surface area (Å²) in [7, 11) is -1.85. The van der Waals surface area contributed by atoms with Crippen molar-refractivity contribution in [2.24, 2.45) is 0 Å². The van der Waals surface area contributed by atoms with E-state index in [-0.39, 0.29) is 10.8 Å². The van der Waals surface area contributed by atoms with Crippen molar-refractivity contribution < 1.29 is 17.9 Å². The van der Waals surface area contributed by atoms with Crippen LogP contribution >= 0.6 is 0 Å². The van der Waals surface area contributed by atoms with Gasteiger partial charge in [0, 0.05) is 25.7 Å². The molecule has 1 saturated heterocycles. The summed E-state index contributed by atoms with van der Waals surface area (Å²) in [5, 5.41) is 0. The summed E-state index contributed by atoms with van der Waals surface area (Å²) in [5.41, 5.74) is 1.40. The van der Waals surface area contributed by atoms with E-state index >= 15 is 0 Å². The molecule has 1 heterocycles. The van der Waals surface area contributed by atoms with E-state index in [9.17, 15) is 13.2 Å². The highest BCUT2D eigenvalue weighted by atomic mass is 32.2. The fourth-order valence-corrected chi connectivity index (χ4v) is 4.76. The molecule has 7 heteroatoms. The van der Waals surface area contributed by atoms with Crippen molar-refractivity contribution in [2.75, 3.05) is 33.3 Å². The Morgan fingerprint density at radius 3 is 2.54 bits per heavy atom. The van der Waals surface area contributed by atoms with Crippen LogP contribution in [-0.2, 0) is 10.0 Å². The van der Waals surface area contributed by atoms with E-state index < -0.39 is 10.0 Å². The van der Waals surface area contributed by atoms with Crippen LogP contribution in [0.25, 0.3) is 0 Å². The minimum atomic E-state index is -3.54. The Morgan fingerprint density at radius 2 is 1.82 bits per heavy atom. The lowest BCUT2D eigenvalue weighted by Gasteiger charge is -2.19. The van der Waals surface area contributed by atoms with Crippen molar-refractivity contribution in [3.8, 4) is 5.75 Å². The lowest BCUT2D eigenvalue weighted by Crippen LogP contribution is -2.31. The van der Waals surface area contributed by atoms with E-state index in [1.807, 2.05) is 31.2 Å². The van der Waals surface area contributed by atoms with Crippen molar-refractivity contribution in [1.82, 2.24) is 9.21 Å². The molecule has 0 spiro atoms. The number of hydrogen-bond acceptors (Lipinski definition) is 4. The molecular weight excluding hydrogens is 376 g/mol. The zero-order chi connectivity index (χ0) is 20.1. The number of aryl methyl sites for hydroxylation is 1. The van der Waals surface area contributed by atoms with Crippen LogP contribution in [0.1, 0.15) is 28.8 Å². The number of nitrogens with zero attached hydrogens (tertiary/aromatic N) is 2. The van der Waals surface area contributed by atoms with Crippen molar-refractivity contribution in [2.45, 2.75) is 24.7 Å². The Balaban J connectivity index is 1.64. The van der Waals surface area contributed by atoms with Gasteiger partial charge >= 0.3 is 0 Å². The molecule has 1 aliphatic rings. The van der Waals surface area contributed by atoms with E-state index in [1.165, 1.54) is 10.4 Å². The molecule has 0 unspecified atom stereocenters. The number of benzene rings is 2. The Bertz CT molecular complexity index is 937. The van der Waals surface area contributed by atoms with Crippen LogP contribution in [0.2, 0.25) is 0 Å². The molecule has 6 nitrogen and oxygen atoms in total. The molecule has 1 fully saturated rings. The third kappa shape index (κ3) is 4.54.